The Labute approximate surface area is 105 Å². The van der Waals surface area contributed by atoms with Crippen molar-refractivity contribution in [2.24, 2.45) is 0 Å². The van der Waals surface area contributed by atoms with E-state index in [4.69, 9.17) is 0 Å². The van der Waals surface area contributed by atoms with Crippen LogP contribution in [0.2, 0.25) is 0 Å². The van der Waals surface area contributed by atoms with Crippen LogP contribution in [0.3, 0.4) is 0 Å². The molecular weight excluding hydrogens is 350 g/mol. The average Bonchev–Trinajstić information content (AvgIpc) is 2.25. The summed E-state index contributed by atoms with van der Waals surface area (Å²) in [4.78, 5) is 0. The molecule has 1 fully saturated rings. The highest BCUT2D eigenvalue weighted by atomic mass is 19.4. The standard InChI is InChI=1S/C4F8.C3F6/c5-1(6)2(7,8)4(11,12)3(1,9)10;4-1(2(5)6)3(7,8)9. The average molecular weight is 350 g/mol. The lowest BCUT2D eigenvalue weighted by atomic mass is 9.80. The van der Waals surface area contributed by atoms with Crippen LogP contribution < -0.4 is 0 Å². The summed E-state index contributed by atoms with van der Waals surface area (Å²) < 4.78 is 158. The van der Waals surface area contributed by atoms with Gasteiger partial charge in [0.2, 0.25) is 0 Å². The number of rotatable bonds is 0. The van der Waals surface area contributed by atoms with Gasteiger partial charge in [0.1, 0.15) is 0 Å². The molecule has 0 aromatic carbocycles. The third kappa shape index (κ3) is 2.63. The Balaban J connectivity index is 0.000000400. The predicted molar refractivity (Wildman–Crippen MR) is 36.2 cm³/mol. The number of hydrogen-bond donors (Lipinski definition) is 0. The zero-order valence-corrected chi connectivity index (χ0v) is 8.79. The Morgan fingerprint density at radius 2 is 0.714 bits per heavy atom. The van der Waals surface area contributed by atoms with Crippen molar-refractivity contribution < 1.29 is 61.5 Å². The van der Waals surface area contributed by atoms with Crippen LogP contribution in [0.15, 0.2) is 11.9 Å². The molecule has 0 radical (unpaired) electrons. The first-order chi connectivity index (χ1) is 8.85. The molecule has 0 bridgehead atoms. The van der Waals surface area contributed by atoms with E-state index in [1.54, 1.807) is 0 Å². The minimum absolute atomic E-state index is 3.33. The Morgan fingerprint density at radius 1 is 0.524 bits per heavy atom. The summed E-state index contributed by atoms with van der Waals surface area (Å²) in [5.41, 5.74) is 0. The fraction of sp³-hybridized carbons (Fsp3) is 0.714. The van der Waals surface area contributed by atoms with E-state index in [2.05, 4.69) is 0 Å². The first-order valence-corrected chi connectivity index (χ1v) is 4.15. The maximum absolute atomic E-state index is 11.6. The molecule has 0 unspecified atom stereocenters. The van der Waals surface area contributed by atoms with Gasteiger partial charge < -0.3 is 0 Å². The van der Waals surface area contributed by atoms with Crippen LogP contribution in [0.4, 0.5) is 61.5 Å². The molecule has 0 atom stereocenters. The van der Waals surface area contributed by atoms with E-state index in [0.717, 1.165) is 0 Å². The van der Waals surface area contributed by atoms with Gasteiger partial charge in [-0.1, -0.05) is 0 Å². The van der Waals surface area contributed by atoms with Crippen molar-refractivity contribution in [2.45, 2.75) is 29.9 Å². The summed E-state index contributed by atoms with van der Waals surface area (Å²) >= 11 is 0. The summed E-state index contributed by atoms with van der Waals surface area (Å²) in [7, 11) is 0. The first kappa shape index (κ1) is 19.8. The molecule has 0 heterocycles. The molecule has 0 N–H and O–H groups in total. The highest BCUT2D eigenvalue weighted by molar-refractivity contribution is 5.22. The van der Waals surface area contributed by atoms with Gasteiger partial charge in [0.15, 0.2) is 0 Å². The molecule has 21 heavy (non-hydrogen) atoms. The van der Waals surface area contributed by atoms with Crippen molar-refractivity contribution in [3.05, 3.63) is 11.9 Å². The molecule has 1 rings (SSSR count). The smallest absolute Gasteiger partial charge is 0.196 e. The second-order valence-corrected chi connectivity index (χ2v) is 3.37. The molecule has 14 heteroatoms. The summed E-state index contributed by atoms with van der Waals surface area (Å²) in [6.45, 7) is 0. The van der Waals surface area contributed by atoms with Crippen LogP contribution in [-0.2, 0) is 0 Å². The summed E-state index contributed by atoms with van der Waals surface area (Å²) in [6, 6.07) is 0. The van der Waals surface area contributed by atoms with E-state index >= 15 is 0 Å². The lowest BCUT2D eigenvalue weighted by molar-refractivity contribution is -0.506. The van der Waals surface area contributed by atoms with Crippen LogP contribution in [0.5, 0.6) is 0 Å². The van der Waals surface area contributed by atoms with Gasteiger partial charge in [-0.2, -0.15) is 61.5 Å². The maximum atomic E-state index is 11.6. The molecule has 0 spiro atoms. The molecule has 1 saturated carbocycles. The van der Waals surface area contributed by atoms with Gasteiger partial charge >= 0.3 is 35.9 Å². The van der Waals surface area contributed by atoms with E-state index in [0.29, 0.717) is 0 Å². The molecule has 126 valence electrons. The lowest BCUT2D eigenvalue weighted by Gasteiger charge is -2.49. The minimum atomic E-state index is -5.97. The van der Waals surface area contributed by atoms with E-state index in [1.807, 2.05) is 0 Å². The lowest BCUT2D eigenvalue weighted by Crippen LogP contribution is -2.82. The molecule has 0 aromatic rings. The maximum Gasteiger partial charge on any atom is 0.448 e. The molecule has 0 amide bonds. The number of halogens is 14. The Hall–Kier alpha value is -1.24. The SMILES string of the molecule is FC(F)=C(F)C(F)(F)F.FC1(F)C(F)(F)C(F)(F)C1(F)F. The largest absolute Gasteiger partial charge is 0.448 e. The Bertz CT molecular complexity index is 357. The fourth-order valence-electron chi connectivity index (χ4n) is 0.833. The van der Waals surface area contributed by atoms with Gasteiger partial charge in [0.25, 0.3) is 5.83 Å². The van der Waals surface area contributed by atoms with Gasteiger partial charge in [-0.05, 0) is 0 Å². The van der Waals surface area contributed by atoms with Crippen molar-refractivity contribution in [3.63, 3.8) is 0 Å². The van der Waals surface area contributed by atoms with Gasteiger partial charge in [-0.3, -0.25) is 0 Å². The van der Waals surface area contributed by atoms with Crippen LogP contribution in [0.1, 0.15) is 0 Å². The molecule has 0 saturated heterocycles. The van der Waals surface area contributed by atoms with E-state index in [1.165, 1.54) is 0 Å². The van der Waals surface area contributed by atoms with Gasteiger partial charge in [0.05, 0.1) is 0 Å². The summed E-state index contributed by atoms with van der Waals surface area (Å²) in [5, 5.41) is 0. The van der Waals surface area contributed by atoms with Crippen molar-refractivity contribution >= 4 is 0 Å². The molecule has 0 aromatic heterocycles. The summed E-state index contributed by atoms with van der Waals surface area (Å²) in [6.07, 6.45) is -8.90. The predicted octanol–water partition coefficient (Wildman–Crippen LogP) is 5.17. The first-order valence-electron chi connectivity index (χ1n) is 4.15. The highest BCUT2D eigenvalue weighted by Crippen LogP contribution is 2.69. The second-order valence-electron chi connectivity index (χ2n) is 3.37. The second kappa shape index (κ2) is 4.90. The van der Waals surface area contributed by atoms with E-state index in [9.17, 15) is 61.5 Å². The Kier molecular flexibility index (Phi) is 4.61. The van der Waals surface area contributed by atoms with E-state index < -0.39 is 41.8 Å². The number of hydrogen-bond acceptors (Lipinski definition) is 0. The summed E-state index contributed by atoms with van der Waals surface area (Å²) in [5.74, 6) is -27.2. The quantitative estimate of drug-likeness (QED) is 0.529. The van der Waals surface area contributed by atoms with Gasteiger partial charge in [-0.15, -0.1) is 0 Å². The molecular formula is C7F14. The normalized spacial score (nSPS) is 24.3. The van der Waals surface area contributed by atoms with Crippen LogP contribution in [-0.4, -0.2) is 29.9 Å². The zero-order valence-electron chi connectivity index (χ0n) is 8.79. The Morgan fingerprint density at radius 3 is 0.762 bits per heavy atom. The molecule has 1 aliphatic carbocycles. The van der Waals surface area contributed by atoms with Crippen LogP contribution in [0, 0.1) is 0 Å². The van der Waals surface area contributed by atoms with E-state index in [-0.39, 0.29) is 0 Å². The number of alkyl halides is 11. The third-order valence-corrected chi connectivity index (χ3v) is 1.99. The van der Waals surface area contributed by atoms with Crippen LogP contribution >= 0.6 is 0 Å². The topological polar surface area (TPSA) is 0 Å². The van der Waals surface area contributed by atoms with Crippen molar-refractivity contribution in [1.82, 2.24) is 0 Å². The third-order valence-electron chi connectivity index (χ3n) is 1.99. The molecule has 1 aliphatic rings. The molecule has 0 aliphatic heterocycles. The minimum Gasteiger partial charge on any atom is -0.196 e. The van der Waals surface area contributed by atoms with Crippen molar-refractivity contribution in [1.29, 1.82) is 0 Å². The fourth-order valence-corrected chi connectivity index (χ4v) is 0.833. The highest BCUT2D eigenvalue weighted by Gasteiger charge is 3.01. The van der Waals surface area contributed by atoms with Crippen molar-refractivity contribution in [3.8, 4) is 0 Å². The van der Waals surface area contributed by atoms with Gasteiger partial charge in [-0.25, -0.2) is 0 Å². The van der Waals surface area contributed by atoms with Gasteiger partial charge in [0, 0.05) is 0 Å². The number of allylic oxidation sites excluding steroid dienone is 1. The van der Waals surface area contributed by atoms with Crippen molar-refractivity contribution in [2.75, 3.05) is 0 Å². The molecule has 0 nitrogen and oxygen atoms in total. The monoisotopic (exact) mass is 350 g/mol. The van der Waals surface area contributed by atoms with Crippen LogP contribution in [0.25, 0.3) is 0 Å². The zero-order chi connectivity index (χ0) is 17.7.